The van der Waals surface area contributed by atoms with E-state index in [4.69, 9.17) is 11.6 Å². The van der Waals surface area contributed by atoms with Crippen molar-refractivity contribution in [1.29, 1.82) is 0 Å². The Balaban J connectivity index is 2.07. The molecule has 0 unspecified atom stereocenters. The van der Waals surface area contributed by atoms with E-state index in [1.165, 1.54) is 0 Å². The Morgan fingerprint density at radius 2 is 2.33 bits per heavy atom. The molecule has 15 heavy (non-hydrogen) atoms. The lowest BCUT2D eigenvalue weighted by molar-refractivity contribution is 1.13. The second-order valence-corrected chi connectivity index (χ2v) is 5.14. The van der Waals surface area contributed by atoms with Gasteiger partial charge in [0.05, 0.1) is 0 Å². The van der Waals surface area contributed by atoms with Crippen LogP contribution < -0.4 is 5.32 Å². The number of benzene rings is 1. The molecular weight excluding hydrogens is 296 g/mol. The number of nitrogens with zero attached hydrogens (tertiary/aromatic N) is 1. The number of nitrogens with one attached hydrogen (secondary N) is 1. The van der Waals surface area contributed by atoms with E-state index in [1.54, 1.807) is 17.5 Å². The maximum atomic E-state index is 6.06. The largest absolute Gasteiger partial charge is 0.357 e. The topological polar surface area (TPSA) is 24.9 Å². The van der Waals surface area contributed by atoms with E-state index in [9.17, 15) is 0 Å². The molecule has 0 radical (unpaired) electrons. The monoisotopic (exact) mass is 302 g/mol. The molecule has 0 aliphatic rings. The molecule has 2 aromatic rings. The Bertz CT molecular complexity index is 445. The molecule has 0 aliphatic carbocycles. The molecule has 0 fully saturated rings. The average Bonchev–Trinajstić information content (AvgIpc) is 2.72. The highest BCUT2D eigenvalue weighted by Gasteiger charge is 2.01. The van der Waals surface area contributed by atoms with E-state index in [1.807, 2.05) is 23.6 Å². The minimum Gasteiger partial charge on any atom is -0.357 e. The molecular formula is C10H8BrClN2S. The standard InChI is InChI=1S/C10H8BrClN2S/c11-8-1-2-9(12)7(5-8)6-14-10-13-3-4-15-10/h1-5H,6H2,(H,13,14). The third-order valence-corrected chi connectivity index (χ3v) is 3.46. The first-order chi connectivity index (χ1) is 7.25. The van der Waals surface area contributed by atoms with Crippen molar-refractivity contribution in [3.05, 3.63) is 44.8 Å². The van der Waals surface area contributed by atoms with Crippen LogP contribution in [0.4, 0.5) is 5.13 Å². The molecule has 5 heteroatoms. The Kier molecular flexibility index (Phi) is 3.61. The van der Waals surface area contributed by atoms with Gasteiger partial charge in [-0.1, -0.05) is 27.5 Å². The summed E-state index contributed by atoms with van der Waals surface area (Å²) in [5, 5.41) is 6.82. The first-order valence-corrected chi connectivity index (χ1v) is 6.38. The Labute approximate surface area is 105 Å². The van der Waals surface area contributed by atoms with E-state index in [-0.39, 0.29) is 0 Å². The highest BCUT2D eigenvalue weighted by Crippen LogP contribution is 2.22. The van der Waals surface area contributed by atoms with Crippen LogP contribution in [0.25, 0.3) is 0 Å². The zero-order valence-corrected chi connectivity index (χ0v) is 10.9. The number of hydrogen-bond acceptors (Lipinski definition) is 3. The van der Waals surface area contributed by atoms with Crippen LogP contribution in [0, 0.1) is 0 Å². The molecule has 0 spiro atoms. The summed E-state index contributed by atoms with van der Waals surface area (Å²) in [6.07, 6.45) is 1.77. The van der Waals surface area contributed by atoms with E-state index in [0.717, 1.165) is 20.2 Å². The normalized spacial score (nSPS) is 10.3. The fourth-order valence-corrected chi connectivity index (χ4v) is 2.28. The molecule has 1 aromatic heterocycles. The lowest BCUT2D eigenvalue weighted by Gasteiger charge is -2.05. The van der Waals surface area contributed by atoms with Crippen LogP contribution in [0.5, 0.6) is 0 Å². The van der Waals surface area contributed by atoms with Crippen molar-refractivity contribution in [2.24, 2.45) is 0 Å². The molecule has 0 aliphatic heterocycles. The summed E-state index contributed by atoms with van der Waals surface area (Å²) >= 11 is 11.0. The SMILES string of the molecule is Clc1ccc(Br)cc1CNc1nccs1. The van der Waals surface area contributed by atoms with Gasteiger partial charge in [-0.15, -0.1) is 11.3 Å². The summed E-state index contributed by atoms with van der Waals surface area (Å²) in [7, 11) is 0. The summed E-state index contributed by atoms with van der Waals surface area (Å²) in [5.41, 5.74) is 1.06. The lowest BCUT2D eigenvalue weighted by atomic mass is 10.2. The van der Waals surface area contributed by atoms with Crippen LogP contribution in [0.1, 0.15) is 5.56 Å². The molecule has 0 saturated carbocycles. The minimum absolute atomic E-state index is 0.686. The molecule has 0 bridgehead atoms. The van der Waals surface area contributed by atoms with E-state index in [2.05, 4.69) is 26.2 Å². The highest BCUT2D eigenvalue weighted by atomic mass is 79.9. The first kappa shape index (κ1) is 10.9. The van der Waals surface area contributed by atoms with Gasteiger partial charge in [0, 0.05) is 27.6 Å². The Hall–Kier alpha value is -0.580. The van der Waals surface area contributed by atoms with Gasteiger partial charge in [-0.05, 0) is 23.8 Å². The molecule has 78 valence electrons. The number of anilines is 1. The summed E-state index contributed by atoms with van der Waals surface area (Å²) in [6.45, 7) is 0.686. The van der Waals surface area contributed by atoms with Gasteiger partial charge in [0.2, 0.25) is 0 Å². The third kappa shape index (κ3) is 2.93. The molecule has 2 rings (SSSR count). The van der Waals surface area contributed by atoms with Crippen LogP contribution in [-0.4, -0.2) is 4.98 Å². The third-order valence-electron chi connectivity index (χ3n) is 1.87. The van der Waals surface area contributed by atoms with Crippen molar-refractivity contribution >= 4 is 44.0 Å². The molecule has 1 heterocycles. The van der Waals surface area contributed by atoms with E-state index < -0.39 is 0 Å². The van der Waals surface area contributed by atoms with Gasteiger partial charge >= 0.3 is 0 Å². The lowest BCUT2D eigenvalue weighted by Crippen LogP contribution is -1.99. The number of aromatic nitrogens is 1. The van der Waals surface area contributed by atoms with Crippen molar-refractivity contribution in [1.82, 2.24) is 4.98 Å². The summed E-state index contributed by atoms with van der Waals surface area (Å²) in [6, 6.07) is 5.81. The van der Waals surface area contributed by atoms with Gasteiger partial charge in [-0.2, -0.15) is 0 Å². The number of rotatable bonds is 3. The fraction of sp³-hybridized carbons (Fsp3) is 0.100. The summed E-state index contributed by atoms with van der Waals surface area (Å²) in [5.74, 6) is 0. The quantitative estimate of drug-likeness (QED) is 0.920. The maximum Gasteiger partial charge on any atom is 0.182 e. The average molecular weight is 304 g/mol. The van der Waals surface area contributed by atoms with Crippen molar-refractivity contribution in [3.8, 4) is 0 Å². The summed E-state index contributed by atoms with van der Waals surface area (Å²) in [4.78, 5) is 4.14. The first-order valence-electron chi connectivity index (χ1n) is 4.33. The van der Waals surface area contributed by atoms with Gasteiger partial charge in [0.25, 0.3) is 0 Å². The Morgan fingerprint density at radius 3 is 3.07 bits per heavy atom. The molecule has 0 saturated heterocycles. The molecule has 1 aromatic carbocycles. The molecule has 0 amide bonds. The van der Waals surface area contributed by atoms with Crippen LogP contribution in [-0.2, 0) is 6.54 Å². The van der Waals surface area contributed by atoms with Crippen LogP contribution in [0.3, 0.4) is 0 Å². The van der Waals surface area contributed by atoms with Gasteiger partial charge in [-0.3, -0.25) is 0 Å². The highest BCUT2D eigenvalue weighted by molar-refractivity contribution is 9.10. The van der Waals surface area contributed by atoms with Crippen molar-refractivity contribution < 1.29 is 0 Å². The van der Waals surface area contributed by atoms with Gasteiger partial charge in [0.1, 0.15) is 0 Å². The van der Waals surface area contributed by atoms with E-state index in [0.29, 0.717) is 6.54 Å². The van der Waals surface area contributed by atoms with Crippen LogP contribution in [0.2, 0.25) is 5.02 Å². The fourth-order valence-electron chi connectivity index (χ4n) is 1.16. The van der Waals surface area contributed by atoms with Crippen molar-refractivity contribution in [2.45, 2.75) is 6.54 Å². The molecule has 1 N–H and O–H groups in total. The molecule has 0 atom stereocenters. The maximum absolute atomic E-state index is 6.06. The second-order valence-electron chi connectivity index (χ2n) is 2.93. The number of hydrogen-bond donors (Lipinski definition) is 1. The van der Waals surface area contributed by atoms with Crippen molar-refractivity contribution in [2.75, 3.05) is 5.32 Å². The minimum atomic E-state index is 0.686. The Morgan fingerprint density at radius 1 is 1.47 bits per heavy atom. The zero-order chi connectivity index (χ0) is 10.7. The second kappa shape index (κ2) is 4.96. The smallest absolute Gasteiger partial charge is 0.182 e. The van der Waals surface area contributed by atoms with E-state index >= 15 is 0 Å². The zero-order valence-electron chi connectivity index (χ0n) is 7.71. The van der Waals surface area contributed by atoms with Crippen molar-refractivity contribution in [3.63, 3.8) is 0 Å². The predicted octanol–water partition coefficient (Wildman–Crippen LogP) is 4.17. The van der Waals surface area contributed by atoms with Crippen LogP contribution in [0.15, 0.2) is 34.2 Å². The van der Waals surface area contributed by atoms with Gasteiger partial charge in [-0.25, -0.2) is 4.98 Å². The number of thiazole rings is 1. The number of halogens is 2. The van der Waals surface area contributed by atoms with Gasteiger partial charge < -0.3 is 5.32 Å². The van der Waals surface area contributed by atoms with Gasteiger partial charge in [0.15, 0.2) is 5.13 Å². The summed E-state index contributed by atoms with van der Waals surface area (Å²) < 4.78 is 1.03. The van der Waals surface area contributed by atoms with Crippen LogP contribution >= 0.6 is 38.9 Å². The predicted molar refractivity (Wildman–Crippen MR) is 68.6 cm³/mol. The molecule has 2 nitrogen and oxygen atoms in total.